The van der Waals surface area contributed by atoms with E-state index in [0.29, 0.717) is 51.0 Å². The van der Waals surface area contributed by atoms with Crippen molar-refractivity contribution in [2.45, 2.75) is 13.3 Å². The average Bonchev–Trinajstić information content (AvgIpc) is 3.09. The number of fused-ring (bicyclic) bond motifs is 1. The topological polar surface area (TPSA) is 80.0 Å². The molecule has 0 aliphatic carbocycles. The number of amides is 2. The van der Waals surface area contributed by atoms with Crippen molar-refractivity contribution < 1.29 is 9.18 Å². The van der Waals surface area contributed by atoms with Crippen molar-refractivity contribution in [3.8, 4) is 11.1 Å². The molecule has 2 amide bonds. The first-order valence-electron chi connectivity index (χ1n) is 9.71. The lowest BCUT2D eigenvalue weighted by Crippen LogP contribution is -2.28. The SMILES string of the molecule is CCNC(=O)Nc1ccc(Cc2cc3sc(N)nc3c(-c3cccc(Cl)c3)c2F)cc1. The quantitative estimate of drug-likeness (QED) is 0.342. The summed E-state index contributed by atoms with van der Waals surface area (Å²) in [5.41, 5.74) is 9.62. The molecule has 0 aliphatic rings. The Morgan fingerprint density at radius 3 is 2.68 bits per heavy atom. The monoisotopic (exact) mass is 454 g/mol. The molecule has 0 spiro atoms. The predicted molar refractivity (Wildman–Crippen MR) is 126 cm³/mol. The number of carbonyl (C=O) groups excluding carboxylic acids is 1. The zero-order valence-corrected chi connectivity index (χ0v) is 18.3. The first-order valence-corrected chi connectivity index (χ1v) is 10.9. The van der Waals surface area contributed by atoms with Crippen LogP contribution in [0, 0.1) is 5.82 Å². The van der Waals surface area contributed by atoms with Crippen molar-refractivity contribution in [2.75, 3.05) is 17.6 Å². The second-order valence-electron chi connectivity index (χ2n) is 6.99. The van der Waals surface area contributed by atoms with Crippen LogP contribution in [-0.4, -0.2) is 17.6 Å². The third-order valence-electron chi connectivity index (χ3n) is 4.77. The molecular weight excluding hydrogens is 435 g/mol. The largest absolute Gasteiger partial charge is 0.375 e. The van der Waals surface area contributed by atoms with Crippen LogP contribution in [0.1, 0.15) is 18.1 Å². The van der Waals surface area contributed by atoms with Gasteiger partial charge in [-0.15, -0.1) is 0 Å². The van der Waals surface area contributed by atoms with Gasteiger partial charge in [-0.05, 0) is 53.9 Å². The number of hydrogen-bond donors (Lipinski definition) is 3. The fourth-order valence-electron chi connectivity index (χ4n) is 3.41. The van der Waals surface area contributed by atoms with Crippen molar-refractivity contribution in [2.24, 2.45) is 0 Å². The molecule has 0 unspecified atom stereocenters. The maximum atomic E-state index is 15.7. The van der Waals surface area contributed by atoms with Gasteiger partial charge in [0.15, 0.2) is 5.13 Å². The number of nitrogen functional groups attached to an aromatic ring is 1. The van der Waals surface area contributed by atoms with Crippen LogP contribution < -0.4 is 16.4 Å². The van der Waals surface area contributed by atoms with Crippen LogP contribution in [-0.2, 0) is 6.42 Å². The highest BCUT2D eigenvalue weighted by atomic mass is 35.5. The van der Waals surface area contributed by atoms with Gasteiger partial charge in [0.1, 0.15) is 5.82 Å². The number of anilines is 2. The number of urea groups is 1. The van der Waals surface area contributed by atoms with E-state index in [4.69, 9.17) is 17.3 Å². The molecule has 5 nitrogen and oxygen atoms in total. The molecule has 0 fully saturated rings. The highest BCUT2D eigenvalue weighted by Crippen LogP contribution is 2.38. The molecule has 0 saturated carbocycles. The number of aromatic nitrogens is 1. The highest BCUT2D eigenvalue weighted by molar-refractivity contribution is 7.22. The Balaban J connectivity index is 1.70. The van der Waals surface area contributed by atoms with Crippen molar-refractivity contribution in [1.82, 2.24) is 10.3 Å². The summed E-state index contributed by atoms with van der Waals surface area (Å²) in [6, 6.07) is 15.9. The van der Waals surface area contributed by atoms with E-state index in [1.807, 2.05) is 25.1 Å². The molecule has 0 saturated heterocycles. The summed E-state index contributed by atoms with van der Waals surface area (Å²) >= 11 is 7.47. The van der Waals surface area contributed by atoms with Gasteiger partial charge in [-0.1, -0.05) is 47.2 Å². The molecule has 4 N–H and O–H groups in total. The second kappa shape index (κ2) is 8.91. The zero-order valence-electron chi connectivity index (χ0n) is 16.7. The molecule has 8 heteroatoms. The van der Waals surface area contributed by atoms with Gasteiger partial charge in [0.25, 0.3) is 0 Å². The van der Waals surface area contributed by atoms with Gasteiger partial charge in [0, 0.05) is 29.2 Å². The third kappa shape index (κ3) is 4.62. The predicted octanol–water partition coefficient (Wildman–Crippen LogP) is 6.07. The van der Waals surface area contributed by atoms with E-state index in [1.54, 1.807) is 36.4 Å². The van der Waals surface area contributed by atoms with E-state index < -0.39 is 0 Å². The fourth-order valence-corrected chi connectivity index (χ4v) is 4.41. The summed E-state index contributed by atoms with van der Waals surface area (Å²) in [5.74, 6) is -0.343. The van der Waals surface area contributed by atoms with Crippen LogP contribution in [0.3, 0.4) is 0 Å². The third-order valence-corrected chi connectivity index (χ3v) is 5.84. The molecule has 4 rings (SSSR count). The van der Waals surface area contributed by atoms with Crippen molar-refractivity contribution in [3.63, 3.8) is 0 Å². The molecule has 158 valence electrons. The van der Waals surface area contributed by atoms with E-state index >= 15 is 4.39 Å². The fraction of sp³-hybridized carbons (Fsp3) is 0.130. The molecule has 3 aromatic carbocycles. The molecule has 0 atom stereocenters. The van der Waals surface area contributed by atoms with Crippen LogP contribution in [0.4, 0.5) is 20.0 Å². The van der Waals surface area contributed by atoms with Gasteiger partial charge in [-0.25, -0.2) is 14.2 Å². The first kappa shape index (κ1) is 21.1. The summed E-state index contributed by atoms with van der Waals surface area (Å²) in [5, 5.41) is 6.33. The minimum absolute atomic E-state index is 0.263. The van der Waals surface area contributed by atoms with E-state index in [0.717, 1.165) is 10.3 Å². The smallest absolute Gasteiger partial charge is 0.319 e. The lowest BCUT2D eigenvalue weighted by atomic mass is 9.97. The van der Waals surface area contributed by atoms with Crippen molar-refractivity contribution in [1.29, 1.82) is 0 Å². The van der Waals surface area contributed by atoms with Crippen LogP contribution in [0.2, 0.25) is 5.02 Å². The maximum absolute atomic E-state index is 15.7. The molecular formula is C23H20ClFN4OS. The summed E-state index contributed by atoms with van der Waals surface area (Å²) in [6.07, 6.45) is 0.384. The Hall–Kier alpha value is -3.16. The van der Waals surface area contributed by atoms with Gasteiger partial charge in [-0.3, -0.25) is 0 Å². The number of nitrogens with two attached hydrogens (primary N) is 1. The second-order valence-corrected chi connectivity index (χ2v) is 8.49. The Kier molecular flexibility index (Phi) is 6.06. The standard InChI is InChI=1S/C23H20ClFN4OS/c1-2-27-23(30)28-17-8-6-13(7-9-17)10-15-12-18-21(29-22(26)31-18)19(20(15)25)14-4-3-5-16(24)11-14/h3-9,11-12H,2,10H2,1H3,(H2,26,29)(H2,27,28,30). The molecule has 1 aromatic heterocycles. The van der Waals surface area contributed by atoms with Crippen molar-refractivity contribution >= 4 is 50.0 Å². The van der Waals surface area contributed by atoms with Gasteiger partial charge in [0.05, 0.1) is 10.2 Å². The van der Waals surface area contributed by atoms with Crippen LogP contribution in [0.15, 0.2) is 54.6 Å². The normalized spacial score (nSPS) is 10.9. The number of thiazole rings is 1. The number of nitrogens with zero attached hydrogens (tertiary/aromatic N) is 1. The highest BCUT2D eigenvalue weighted by Gasteiger charge is 2.19. The molecule has 4 aromatic rings. The zero-order chi connectivity index (χ0) is 22.0. The summed E-state index contributed by atoms with van der Waals surface area (Å²) < 4.78 is 16.5. The number of rotatable bonds is 5. The van der Waals surface area contributed by atoms with Gasteiger partial charge in [-0.2, -0.15) is 0 Å². The Labute approximate surface area is 188 Å². The minimum atomic E-state index is -0.343. The van der Waals surface area contributed by atoms with Gasteiger partial charge >= 0.3 is 6.03 Å². The Bertz CT molecular complexity index is 1260. The summed E-state index contributed by atoms with van der Waals surface area (Å²) in [7, 11) is 0. The Morgan fingerprint density at radius 1 is 1.19 bits per heavy atom. The van der Waals surface area contributed by atoms with Gasteiger partial charge < -0.3 is 16.4 Å². The molecule has 0 aliphatic heterocycles. The Morgan fingerprint density at radius 2 is 1.97 bits per heavy atom. The van der Waals surface area contributed by atoms with Crippen LogP contribution in [0.5, 0.6) is 0 Å². The lowest BCUT2D eigenvalue weighted by Gasteiger charge is -2.11. The average molecular weight is 455 g/mol. The number of hydrogen-bond acceptors (Lipinski definition) is 4. The lowest BCUT2D eigenvalue weighted by molar-refractivity contribution is 0.252. The van der Waals surface area contributed by atoms with Crippen LogP contribution >= 0.6 is 22.9 Å². The molecule has 0 bridgehead atoms. The first-order chi connectivity index (χ1) is 14.9. The summed E-state index contributed by atoms with van der Waals surface area (Å²) in [4.78, 5) is 16.0. The number of carbonyl (C=O) groups is 1. The number of benzene rings is 3. The molecule has 31 heavy (non-hydrogen) atoms. The van der Waals surface area contributed by atoms with Crippen LogP contribution in [0.25, 0.3) is 21.3 Å². The minimum Gasteiger partial charge on any atom is -0.375 e. The number of halogens is 2. The van der Waals surface area contributed by atoms with E-state index in [2.05, 4.69) is 15.6 Å². The van der Waals surface area contributed by atoms with E-state index in [9.17, 15) is 4.79 Å². The number of nitrogens with one attached hydrogen (secondary N) is 2. The van der Waals surface area contributed by atoms with Gasteiger partial charge in [0.2, 0.25) is 0 Å². The maximum Gasteiger partial charge on any atom is 0.319 e. The molecule has 1 heterocycles. The van der Waals surface area contributed by atoms with Crippen molar-refractivity contribution in [3.05, 3.63) is 76.6 Å². The molecule has 0 radical (unpaired) electrons. The van der Waals surface area contributed by atoms with E-state index in [-0.39, 0.29) is 11.8 Å². The summed E-state index contributed by atoms with van der Waals surface area (Å²) in [6.45, 7) is 2.39. The van der Waals surface area contributed by atoms with E-state index in [1.165, 1.54) is 11.3 Å².